The van der Waals surface area contributed by atoms with Gasteiger partial charge in [-0.1, -0.05) is 88.2 Å². The Kier molecular flexibility index (Phi) is 10.7. The Morgan fingerprint density at radius 1 is 1.00 bits per heavy atom. The van der Waals surface area contributed by atoms with Crippen LogP contribution in [0.4, 0.5) is 0 Å². The molecule has 0 fully saturated rings. The first-order chi connectivity index (χ1) is 15.6. The Morgan fingerprint density at radius 3 is 2.21 bits per heavy atom. The number of aryl methyl sites for hydroxylation is 1. The molecule has 0 radical (unpaired) electrons. The van der Waals surface area contributed by atoms with Crippen molar-refractivity contribution in [3.63, 3.8) is 0 Å². The maximum atomic E-state index is 13.4. The van der Waals surface area contributed by atoms with E-state index in [1.807, 2.05) is 26.8 Å². The van der Waals surface area contributed by atoms with Gasteiger partial charge in [0, 0.05) is 29.6 Å². The minimum atomic E-state index is -0.564. The van der Waals surface area contributed by atoms with Crippen LogP contribution in [0.15, 0.2) is 42.5 Å². The van der Waals surface area contributed by atoms with Gasteiger partial charge in [-0.15, -0.1) is 0 Å². The number of amides is 2. The van der Waals surface area contributed by atoms with Crippen molar-refractivity contribution in [1.82, 2.24) is 10.2 Å². The SMILES string of the molecule is CC[C@H](C(=O)NCC(C)C)N(Cc1ccc(Cl)cc1Cl)C(=O)CCc1ccc(C(C)C)cc1. The second-order valence-electron chi connectivity index (χ2n) is 9.22. The van der Waals surface area contributed by atoms with Gasteiger partial charge in [0.15, 0.2) is 0 Å². The molecular weight excluding hydrogens is 455 g/mol. The van der Waals surface area contributed by atoms with E-state index in [1.165, 1.54) is 5.56 Å². The highest BCUT2D eigenvalue weighted by Gasteiger charge is 2.29. The predicted molar refractivity (Wildman–Crippen MR) is 138 cm³/mol. The third-order valence-corrected chi connectivity index (χ3v) is 6.29. The van der Waals surface area contributed by atoms with E-state index in [1.54, 1.807) is 17.0 Å². The molecule has 2 aromatic carbocycles. The molecule has 1 N–H and O–H groups in total. The largest absolute Gasteiger partial charge is 0.354 e. The quantitative estimate of drug-likeness (QED) is 0.384. The first-order valence-electron chi connectivity index (χ1n) is 11.7. The summed E-state index contributed by atoms with van der Waals surface area (Å²) in [5.74, 6) is 0.594. The summed E-state index contributed by atoms with van der Waals surface area (Å²) < 4.78 is 0. The van der Waals surface area contributed by atoms with Gasteiger partial charge in [-0.3, -0.25) is 9.59 Å². The van der Waals surface area contributed by atoms with Crippen LogP contribution in [0.3, 0.4) is 0 Å². The number of benzene rings is 2. The van der Waals surface area contributed by atoms with Crippen LogP contribution in [0.1, 0.15) is 70.1 Å². The highest BCUT2D eigenvalue weighted by Crippen LogP contribution is 2.24. The molecule has 0 saturated heterocycles. The topological polar surface area (TPSA) is 49.4 Å². The summed E-state index contributed by atoms with van der Waals surface area (Å²) in [6.45, 7) is 11.2. The summed E-state index contributed by atoms with van der Waals surface area (Å²) in [7, 11) is 0. The van der Waals surface area contributed by atoms with Crippen molar-refractivity contribution in [1.29, 1.82) is 0 Å². The van der Waals surface area contributed by atoms with Gasteiger partial charge in [-0.25, -0.2) is 0 Å². The molecule has 180 valence electrons. The van der Waals surface area contributed by atoms with E-state index in [9.17, 15) is 9.59 Å². The molecule has 0 unspecified atom stereocenters. The Balaban J connectivity index is 2.21. The molecule has 0 aliphatic heterocycles. The minimum Gasteiger partial charge on any atom is -0.354 e. The van der Waals surface area contributed by atoms with Crippen LogP contribution < -0.4 is 5.32 Å². The standard InChI is InChI=1S/C27H36Cl2N2O2/c1-6-25(27(33)30-16-18(2)3)31(17-22-12-13-23(28)15-24(22)29)26(32)14-9-20-7-10-21(11-8-20)19(4)5/h7-8,10-13,15,18-19,25H,6,9,14,16-17H2,1-5H3,(H,30,33)/t25-/m1/s1. The van der Waals surface area contributed by atoms with Crippen molar-refractivity contribution in [2.45, 2.75) is 72.4 Å². The van der Waals surface area contributed by atoms with Crippen LogP contribution in [0.2, 0.25) is 10.0 Å². The first kappa shape index (κ1) is 27.2. The molecule has 0 spiro atoms. The van der Waals surface area contributed by atoms with Crippen LogP contribution in [0, 0.1) is 5.92 Å². The molecule has 2 rings (SSSR count). The minimum absolute atomic E-state index is 0.0690. The lowest BCUT2D eigenvalue weighted by Crippen LogP contribution is -2.49. The number of hydrogen-bond donors (Lipinski definition) is 1. The van der Waals surface area contributed by atoms with E-state index in [0.29, 0.717) is 47.7 Å². The molecule has 2 amide bonds. The van der Waals surface area contributed by atoms with Crippen molar-refractivity contribution < 1.29 is 9.59 Å². The molecule has 0 aliphatic rings. The maximum Gasteiger partial charge on any atom is 0.242 e. The van der Waals surface area contributed by atoms with Crippen LogP contribution in [-0.2, 0) is 22.6 Å². The fraction of sp³-hybridized carbons (Fsp3) is 0.481. The van der Waals surface area contributed by atoms with Gasteiger partial charge in [0.1, 0.15) is 6.04 Å². The number of halogens is 2. The lowest BCUT2D eigenvalue weighted by molar-refractivity contribution is -0.141. The summed E-state index contributed by atoms with van der Waals surface area (Å²) in [6.07, 6.45) is 1.45. The highest BCUT2D eigenvalue weighted by molar-refractivity contribution is 6.35. The van der Waals surface area contributed by atoms with Crippen LogP contribution >= 0.6 is 23.2 Å². The van der Waals surface area contributed by atoms with E-state index in [2.05, 4.69) is 43.4 Å². The number of rotatable bonds is 11. The Hall–Kier alpha value is -2.04. The van der Waals surface area contributed by atoms with Crippen molar-refractivity contribution in [2.75, 3.05) is 6.54 Å². The van der Waals surface area contributed by atoms with E-state index < -0.39 is 6.04 Å². The normalized spacial score (nSPS) is 12.2. The molecule has 0 saturated carbocycles. The van der Waals surface area contributed by atoms with Gasteiger partial charge in [-0.2, -0.15) is 0 Å². The van der Waals surface area contributed by atoms with E-state index >= 15 is 0 Å². The summed E-state index contributed by atoms with van der Waals surface area (Å²) >= 11 is 12.4. The predicted octanol–water partition coefficient (Wildman–Crippen LogP) is 6.63. The van der Waals surface area contributed by atoms with Crippen LogP contribution in [0.5, 0.6) is 0 Å². The molecule has 33 heavy (non-hydrogen) atoms. The fourth-order valence-electron chi connectivity index (χ4n) is 3.64. The molecule has 2 aromatic rings. The van der Waals surface area contributed by atoms with Crippen molar-refractivity contribution in [3.8, 4) is 0 Å². The van der Waals surface area contributed by atoms with Gasteiger partial charge in [0.05, 0.1) is 0 Å². The molecule has 1 atom stereocenters. The highest BCUT2D eigenvalue weighted by atomic mass is 35.5. The molecule has 0 bridgehead atoms. The van der Waals surface area contributed by atoms with E-state index in [-0.39, 0.29) is 18.4 Å². The monoisotopic (exact) mass is 490 g/mol. The van der Waals surface area contributed by atoms with Gasteiger partial charge in [-0.05, 0) is 53.5 Å². The summed E-state index contributed by atoms with van der Waals surface area (Å²) in [4.78, 5) is 28.0. The average molecular weight is 492 g/mol. The number of nitrogens with zero attached hydrogens (tertiary/aromatic N) is 1. The second-order valence-corrected chi connectivity index (χ2v) is 10.1. The summed E-state index contributed by atoms with van der Waals surface area (Å²) in [6, 6.07) is 13.1. The fourth-order valence-corrected chi connectivity index (χ4v) is 4.11. The Labute approximate surface area is 208 Å². The Bertz CT molecular complexity index is 926. The molecule has 0 aliphatic carbocycles. The van der Waals surface area contributed by atoms with Gasteiger partial charge in [0.25, 0.3) is 0 Å². The average Bonchev–Trinajstić information content (AvgIpc) is 2.77. The number of carbonyl (C=O) groups is 2. The van der Waals surface area contributed by atoms with Gasteiger partial charge < -0.3 is 10.2 Å². The van der Waals surface area contributed by atoms with Crippen LogP contribution in [-0.4, -0.2) is 29.3 Å². The van der Waals surface area contributed by atoms with E-state index in [0.717, 1.165) is 11.1 Å². The van der Waals surface area contributed by atoms with Crippen molar-refractivity contribution >= 4 is 35.0 Å². The number of hydrogen-bond acceptors (Lipinski definition) is 2. The summed E-state index contributed by atoms with van der Waals surface area (Å²) in [5, 5.41) is 4.00. The summed E-state index contributed by atoms with van der Waals surface area (Å²) in [5.41, 5.74) is 3.15. The lowest BCUT2D eigenvalue weighted by atomic mass is 10.00. The zero-order valence-electron chi connectivity index (χ0n) is 20.3. The number of nitrogens with one attached hydrogen (secondary N) is 1. The molecule has 4 nitrogen and oxygen atoms in total. The van der Waals surface area contributed by atoms with Gasteiger partial charge >= 0.3 is 0 Å². The van der Waals surface area contributed by atoms with Crippen molar-refractivity contribution in [2.24, 2.45) is 5.92 Å². The third kappa shape index (κ3) is 8.35. The van der Waals surface area contributed by atoms with Gasteiger partial charge in [0.2, 0.25) is 11.8 Å². The van der Waals surface area contributed by atoms with Crippen molar-refractivity contribution in [3.05, 3.63) is 69.2 Å². The molecule has 0 aromatic heterocycles. The zero-order chi connectivity index (χ0) is 24.5. The molecule has 6 heteroatoms. The van der Waals surface area contributed by atoms with E-state index in [4.69, 9.17) is 23.2 Å². The molecule has 0 heterocycles. The first-order valence-corrected chi connectivity index (χ1v) is 12.5. The smallest absolute Gasteiger partial charge is 0.242 e. The zero-order valence-corrected chi connectivity index (χ0v) is 21.8. The lowest BCUT2D eigenvalue weighted by Gasteiger charge is -2.31. The van der Waals surface area contributed by atoms with Crippen LogP contribution in [0.25, 0.3) is 0 Å². The number of carbonyl (C=O) groups excluding carboxylic acids is 2. The second kappa shape index (κ2) is 13.0. The molecular formula is C27H36Cl2N2O2. The third-order valence-electron chi connectivity index (χ3n) is 5.70. The Morgan fingerprint density at radius 2 is 1.67 bits per heavy atom. The maximum absolute atomic E-state index is 13.4.